The van der Waals surface area contributed by atoms with Crippen LogP contribution in [0.5, 0.6) is 5.75 Å². The van der Waals surface area contributed by atoms with Crippen LogP contribution in [0.4, 0.5) is 5.82 Å². The second-order valence-corrected chi connectivity index (χ2v) is 5.28. The molecule has 1 fully saturated rings. The lowest BCUT2D eigenvalue weighted by Gasteiger charge is -2.12. The second-order valence-electron chi connectivity index (χ2n) is 5.28. The van der Waals surface area contributed by atoms with Gasteiger partial charge in [-0.25, -0.2) is 9.97 Å². The summed E-state index contributed by atoms with van der Waals surface area (Å²) < 4.78 is 0. The summed E-state index contributed by atoms with van der Waals surface area (Å²) in [5.41, 5.74) is 1.96. The molecular formula is C16H19N3O. The van der Waals surface area contributed by atoms with Crippen molar-refractivity contribution in [2.45, 2.75) is 31.6 Å². The zero-order valence-electron chi connectivity index (χ0n) is 11.6. The fourth-order valence-electron chi connectivity index (χ4n) is 2.80. The van der Waals surface area contributed by atoms with Crippen molar-refractivity contribution in [3.63, 3.8) is 0 Å². The molecule has 0 aliphatic heterocycles. The van der Waals surface area contributed by atoms with Crippen molar-refractivity contribution in [2.75, 3.05) is 12.4 Å². The predicted octanol–water partition coefficient (Wildman–Crippen LogP) is 3.55. The molecule has 1 aromatic heterocycles. The van der Waals surface area contributed by atoms with E-state index in [0.29, 0.717) is 11.7 Å². The van der Waals surface area contributed by atoms with Crippen LogP contribution in [0.1, 0.15) is 37.3 Å². The van der Waals surface area contributed by atoms with Crippen molar-refractivity contribution in [1.29, 1.82) is 0 Å². The van der Waals surface area contributed by atoms with Gasteiger partial charge in [-0.2, -0.15) is 0 Å². The highest BCUT2D eigenvalue weighted by atomic mass is 16.3. The van der Waals surface area contributed by atoms with E-state index in [2.05, 4.69) is 10.3 Å². The molecule has 1 saturated carbocycles. The molecule has 1 aliphatic carbocycles. The van der Waals surface area contributed by atoms with Gasteiger partial charge >= 0.3 is 0 Å². The summed E-state index contributed by atoms with van der Waals surface area (Å²) in [6, 6.07) is 9.14. The van der Waals surface area contributed by atoms with E-state index in [1.807, 2.05) is 25.2 Å². The Morgan fingerprint density at radius 1 is 1.15 bits per heavy atom. The minimum absolute atomic E-state index is 0.239. The third-order valence-corrected chi connectivity index (χ3v) is 3.88. The number of aromatic hydroxyl groups is 1. The maximum Gasteiger partial charge on any atom is 0.161 e. The Hall–Kier alpha value is -2.10. The highest BCUT2D eigenvalue weighted by molar-refractivity contribution is 5.59. The number of nitrogens with zero attached hydrogens (tertiary/aromatic N) is 2. The molecular weight excluding hydrogens is 250 g/mol. The van der Waals surface area contributed by atoms with Gasteiger partial charge in [-0.05, 0) is 25.0 Å². The molecule has 0 unspecified atom stereocenters. The normalized spacial score (nSPS) is 15.4. The quantitative estimate of drug-likeness (QED) is 0.894. The molecule has 0 bridgehead atoms. The number of benzene rings is 1. The average molecular weight is 269 g/mol. The zero-order valence-corrected chi connectivity index (χ0v) is 11.6. The summed E-state index contributed by atoms with van der Waals surface area (Å²) in [7, 11) is 1.87. The maximum atomic E-state index is 9.61. The smallest absolute Gasteiger partial charge is 0.161 e. The van der Waals surface area contributed by atoms with E-state index in [-0.39, 0.29) is 5.75 Å². The van der Waals surface area contributed by atoms with E-state index >= 15 is 0 Å². The molecule has 0 spiro atoms. The molecule has 2 aromatic rings. The number of phenolic OH excluding ortho intramolecular Hbond substituents is 1. The Morgan fingerprint density at radius 2 is 1.95 bits per heavy atom. The standard InChI is InChI=1S/C16H19N3O/c1-17-15-10-14(11-5-2-3-6-11)18-16(19-15)12-7-4-8-13(20)9-12/h4,7-11,20H,2-3,5-6H2,1H3,(H,17,18,19). The maximum absolute atomic E-state index is 9.61. The van der Waals surface area contributed by atoms with Crippen LogP contribution in [0.15, 0.2) is 30.3 Å². The molecule has 1 aromatic carbocycles. The molecule has 4 nitrogen and oxygen atoms in total. The first-order valence-electron chi connectivity index (χ1n) is 7.12. The molecule has 0 atom stereocenters. The van der Waals surface area contributed by atoms with Crippen molar-refractivity contribution in [3.8, 4) is 17.1 Å². The van der Waals surface area contributed by atoms with Crippen molar-refractivity contribution < 1.29 is 5.11 Å². The molecule has 20 heavy (non-hydrogen) atoms. The minimum atomic E-state index is 0.239. The fourth-order valence-corrected chi connectivity index (χ4v) is 2.80. The Kier molecular flexibility index (Phi) is 3.54. The van der Waals surface area contributed by atoms with Gasteiger partial charge in [-0.3, -0.25) is 0 Å². The topological polar surface area (TPSA) is 58.0 Å². The summed E-state index contributed by atoms with van der Waals surface area (Å²) in [6.45, 7) is 0. The Bertz CT molecular complexity index is 606. The SMILES string of the molecule is CNc1cc(C2CCCC2)nc(-c2cccc(O)c2)n1. The molecule has 2 N–H and O–H groups in total. The number of anilines is 1. The van der Waals surface area contributed by atoms with Crippen LogP contribution in [0.3, 0.4) is 0 Å². The molecule has 104 valence electrons. The molecule has 3 rings (SSSR count). The van der Waals surface area contributed by atoms with Gasteiger partial charge in [-0.1, -0.05) is 25.0 Å². The van der Waals surface area contributed by atoms with Gasteiger partial charge in [0.05, 0.1) is 0 Å². The predicted molar refractivity (Wildman–Crippen MR) is 79.9 cm³/mol. The van der Waals surface area contributed by atoms with E-state index in [4.69, 9.17) is 4.98 Å². The third kappa shape index (κ3) is 2.59. The van der Waals surface area contributed by atoms with Gasteiger partial charge in [0.25, 0.3) is 0 Å². The van der Waals surface area contributed by atoms with Crippen LogP contribution < -0.4 is 5.32 Å². The Labute approximate surface area is 118 Å². The van der Waals surface area contributed by atoms with Crippen LogP contribution in [-0.2, 0) is 0 Å². The summed E-state index contributed by atoms with van der Waals surface area (Å²) in [5, 5.41) is 12.7. The summed E-state index contributed by atoms with van der Waals surface area (Å²) in [4.78, 5) is 9.21. The van der Waals surface area contributed by atoms with E-state index in [9.17, 15) is 5.11 Å². The zero-order chi connectivity index (χ0) is 13.9. The van der Waals surface area contributed by atoms with E-state index in [1.165, 1.54) is 25.7 Å². The summed E-state index contributed by atoms with van der Waals surface area (Å²) >= 11 is 0. The van der Waals surface area contributed by atoms with Gasteiger partial charge in [-0.15, -0.1) is 0 Å². The number of hydrogen-bond donors (Lipinski definition) is 2. The Morgan fingerprint density at radius 3 is 2.65 bits per heavy atom. The number of hydrogen-bond acceptors (Lipinski definition) is 4. The van der Waals surface area contributed by atoms with Crippen molar-refractivity contribution in [2.24, 2.45) is 0 Å². The van der Waals surface area contributed by atoms with Crippen LogP contribution in [0, 0.1) is 0 Å². The van der Waals surface area contributed by atoms with E-state index in [0.717, 1.165) is 17.1 Å². The largest absolute Gasteiger partial charge is 0.508 e. The number of aromatic nitrogens is 2. The number of rotatable bonds is 3. The van der Waals surface area contributed by atoms with Crippen LogP contribution in [0.2, 0.25) is 0 Å². The van der Waals surface area contributed by atoms with Crippen LogP contribution in [-0.4, -0.2) is 22.1 Å². The molecule has 1 aliphatic rings. The van der Waals surface area contributed by atoms with Gasteiger partial charge in [0.15, 0.2) is 5.82 Å². The van der Waals surface area contributed by atoms with Crippen LogP contribution >= 0.6 is 0 Å². The third-order valence-electron chi connectivity index (χ3n) is 3.88. The fraction of sp³-hybridized carbons (Fsp3) is 0.375. The highest BCUT2D eigenvalue weighted by Gasteiger charge is 2.20. The Balaban J connectivity index is 2.03. The van der Waals surface area contributed by atoms with Crippen LogP contribution in [0.25, 0.3) is 11.4 Å². The van der Waals surface area contributed by atoms with Crippen molar-refractivity contribution >= 4 is 5.82 Å². The molecule has 0 amide bonds. The van der Waals surface area contributed by atoms with Crippen molar-refractivity contribution in [1.82, 2.24) is 9.97 Å². The van der Waals surface area contributed by atoms with E-state index in [1.54, 1.807) is 12.1 Å². The van der Waals surface area contributed by atoms with E-state index < -0.39 is 0 Å². The molecule has 4 heteroatoms. The van der Waals surface area contributed by atoms with Gasteiger partial charge in [0.2, 0.25) is 0 Å². The van der Waals surface area contributed by atoms with Gasteiger partial charge in [0.1, 0.15) is 11.6 Å². The molecule has 0 saturated heterocycles. The number of phenols is 1. The lowest BCUT2D eigenvalue weighted by molar-refractivity contribution is 0.475. The monoisotopic (exact) mass is 269 g/mol. The lowest BCUT2D eigenvalue weighted by Crippen LogP contribution is -2.03. The lowest BCUT2D eigenvalue weighted by atomic mass is 10.0. The number of nitrogens with one attached hydrogen (secondary N) is 1. The minimum Gasteiger partial charge on any atom is -0.508 e. The first-order valence-corrected chi connectivity index (χ1v) is 7.12. The summed E-state index contributed by atoms with van der Waals surface area (Å²) in [6.07, 6.45) is 4.98. The average Bonchev–Trinajstić information content (AvgIpc) is 3.01. The molecule has 0 radical (unpaired) electrons. The molecule has 1 heterocycles. The first kappa shape index (κ1) is 12.9. The summed E-state index contributed by atoms with van der Waals surface area (Å²) in [5.74, 6) is 2.29. The second kappa shape index (κ2) is 5.49. The highest BCUT2D eigenvalue weighted by Crippen LogP contribution is 2.34. The van der Waals surface area contributed by atoms with Crippen molar-refractivity contribution in [3.05, 3.63) is 36.0 Å². The van der Waals surface area contributed by atoms with Gasteiger partial charge in [0, 0.05) is 30.3 Å². The first-order chi connectivity index (χ1) is 9.76. The van der Waals surface area contributed by atoms with Gasteiger partial charge < -0.3 is 10.4 Å².